The first-order chi connectivity index (χ1) is 11.1. The third-order valence-electron chi connectivity index (χ3n) is 3.81. The molecule has 1 atom stereocenters. The molecule has 0 aliphatic carbocycles. The number of fused-ring (bicyclic) bond motifs is 1. The fourth-order valence-corrected chi connectivity index (χ4v) is 2.51. The Labute approximate surface area is 135 Å². The zero-order chi connectivity index (χ0) is 16.2. The van der Waals surface area contributed by atoms with Gasteiger partial charge in [-0.15, -0.1) is 0 Å². The number of nitrogen functional groups attached to an aromatic ring is 1. The summed E-state index contributed by atoms with van der Waals surface area (Å²) in [6.45, 7) is 0.929. The van der Waals surface area contributed by atoms with Crippen molar-refractivity contribution in [1.29, 1.82) is 0 Å². The number of hydrogen-bond acceptors (Lipinski definition) is 4. The molecule has 0 spiro atoms. The molecule has 0 radical (unpaired) electrons. The summed E-state index contributed by atoms with van der Waals surface area (Å²) in [6, 6.07) is 14.9. The minimum Gasteiger partial charge on any atom is -0.486 e. The lowest BCUT2D eigenvalue weighted by atomic mass is 10.1. The molecule has 120 valence electrons. The summed E-state index contributed by atoms with van der Waals surface area (Å²) in [5, 5.41) is 0. The van der Waals surface area contributed by atoms with Gasteiger partial charge < -0.3 is 20.1 Å². The first-order valence-electron chi connectivity index (χ1n) is 7.58. The van der Waals surface area contributed by atoms with Crippen molar-refractivity contribution in [1.82, 2.24) is 4.90 Å². The van der Waals surface area contributed by atoms with E-state index in [0.29, 0.717) is 25.3 Å². The average Bonchev–Trinajstić information content (AvgIpc) is 2.56. The summed E-state index contributed by atoms with van der Waals surface area (Å²) in [5.41, 5.74) is 7.30. The van der Waals surface area contributed by atoms with Crippen LogP contribution in [0.5, 0.6) is 11.5 Å². The second-order valence-electron chi connectivity index (χ2n) is 5.69. The lowest BCUT2D eigenvalue weighted by molar-refractivity contribution is -0.130. The van der Waals surface area contributed by atoms with Gasteiger partial charge in [-0.1, -0.05) is 24.3 Å². The van der Waals surface area contributed by atoms with Crippen molar-refractivity contribution in [2.45, 2.75) is 12.5 Å². The van der Waals surface area contributed by atoms with Crippen LogP contribution in [0, 0.1) is 0 Å². The topological polar surface area (TPSA) is 64.8 Å². The Kier molecular flexibility index (Phi) is 4.37. The van der Waals surface area contributed by atoms with E-state index in [1.54, 1.807) is 24.1 Å². The van der Waals surface area contributed by atoms with Crippen molar-refractivity contribution in [3.63, 3.8) is 0 Å². The maximum atomic E-state index is 12.3. The fraction of sp³-hybridized carbons (Fsp3) is 0.278. The first-order valence-corrected chi connectivity index (χ1v) is 7.58. The molecule has 1 amide bonds. The number of nitrogens with zero attached hydrogens (tertiary/aromatic N) is 1. The molecule has 2 N–H and O–H groups in total. The van der Waals surface area contributed by atoms with Crippen LogP contribution in [0.2, 0.25) is 0 Å². The lowest BCUT2D eigenvalue weighted by Crippen LogP contribution is -2.42. The summed E-state index contributed by atoms with van der Waals surface area (Å²) in [6.07, 6.45) is 0.186. The third-order valence-corrected chi connectivity index (χ3v) is 3.81. The Morgan fingerprint density at radius 2 is 1.87 bits per heavy atom. The van der Waals surface area contributed by atoms with E-state index in [1.807, 2.05) is 36.4 Å². The van der Waals surface area contributed by atoms with Gasteiger partial charge >= 0.3 is 0 Å². The minimum atomic E-state index is -0.162. The van der Waals surface area contributed by atoms with Gasteiger partial charge in [0, 0.05) is 12.7 Å². The van der Waals surface area contributed by atoms with Crippen LogP contribution < -0.4 is 15.2 Å². The van der Waals surface area contributed by atoms with E-state index in [1.165, 1.54) is 0 Å². The van der Waals surface area contributed by atoms with E-state index >= 15 is 0 Å². The van der Waals surface area contributed by atoms with Crippen LogP contribution in [-0.4, -0.2) is 37.1 Å². The molecule has 0 saturated carbocycles. The van der Waals surface area contributed by atoms with Crippen LogP contribution >= 0.6 is 0 Å². The van der Waals surface area contributed by atoms with Crippen molar-refractivity contribution in [2.24, 2.45) is 0 Å². The number of anilines is 1. The summed E-state index contributed by atoms with van der Waals surface area (Å²) in [4.78, 5) is 14.0. The molecule has 5 heteroatoms. The van der Waals surface area contributed by atoms with Crippen molar-refractivity contribution < 1.29 is 14.3 Å². The van der Waals surface area contributed by atoms with Crippen molar-refractivity contribution in [3.8, 4) is 11.5 Å². The van der Waals surface area contributed by atoms with Crippen molar-refractivity contribution in [2.75, 3.05) is 25.9 Å². The van der Waals surface area contributed by atoms with E-state index in [4.69, 9.17) is 15.2 Å². The highest BCUT2D eigenvalue weighted by Crippen LogP contribution is 2.30. The maximum Gasteiger partial charge on any atom is 0.226 e. The number of likely N-dealkylation sites (N-methyl/N-ethyl adjacent to an activating group) is 1. The van der Waals surface area contributed by atoms with Crippen LogP contribution in [0.1, 0.15) is 5.56 Å². The molecule has 2 aromatic carbocycles. The maximum absolute atomic E-state index is 12.3. The van der Waals surface area contributed by atoms with Gasteiger partial charge in [-0.05, 0) is 29.8 Å². The molecule has 0 aromatic heterocycles. The number of hydrogen-bond donors (Lipinski definition) is 1. The Balaban J connectivity index is 1.56. The van der Waals surface area contributed by atoms with Gasteiger partial charge in [0.15, 0.2) is 17.6 Å². The normalized spacial score (nSPS) is 16.0. The van der Waals surface area contributed by atoms with Gasteiger partial charge in [0.05, 0.1) is 13.0 Å². The Hall–Kier alpha value is -2.69. The Bertz CT molecular complexity index is 685. The number of benzene rings is 2. The zero-order valence-electron chi connectivity index (χ0n) is 13.1. The molecule has 1 aliphatic heterocycles. The van der Waals surface area contributed by atoms with Crippen LogP contribution in [0.4, 0.5) is 5.69 Å². The molecule has 1 unspecified atom stereocenters. The Morgan fingerprint density at radius 3 is 2.61 bits per heavy atom. The Morgan fingerprint density at radius 1 is 1.17 bits per heavy atom. The monoisotopic (exact) mass is 312 g/mol. The predicted octanol–water partition coefficient (Wildman–Crippen LogP) is 2.11. The van der Waals surface area contributed by atoms with Gasteiger partial charge in [-0.25, -0.2) is 0 Å². The van der Waals surface area contributed by atoms with Crippen LogP contribution in [-0.2, 0) is 11.2 Å². The molecule has 1 heterocycles. The molecule has 0 bridgehead atoms. The smallest absolute Gasteiger partial charge is 0.226 e. The van der Waals surface area contributed by atoms with Crippen molar-refractivity contribution in [3.05, 3.63) is 54.1 Å². The first kappa shape index (κ1) is 15.2. The van der Waals surface area contributed by atoms with Crippen LogP contribution in [0.25, 0.3) is 0 Å². The molecular formula is C18H20N2O3. The fourth-order valence-electron chi connectivity index (χ4n) is 2.51. The zero-order valence-corrected chi connectivity index (χ0v) is 13.1. The lowest BCUT2D eigenvalue weighted by Gasteiger charge is -2.29. The van der Waals surface area contributed by atoms with E-state index in [0.717, 1.165) is 17.1 Å². The second kappa shape index (κ2) is 6.60. The molecule has 0 saturated heterocycles. The van der Waals surface area contributed by atoms with Crippen LogP contribution in [0.15, 0.2) is 48.5 Å². The summed E-state index contributed by atoms with van der Waals surface area (Å²) in [7, 11) is 1.78. The number of carbonyl (C=O) groups excluding carboxylic acids is 1. The number of nitrogens with two attached hydrogens (primary N) is 1. The van der Waals surface area contributed by atoms with Crippen molar-refractivity contribution >= 4 is 11.6 Å². The van der Waals surface area contributed by atoms with Gasteiger partial charge in [-0.2, -0.15) is 0 Å². The van der Waals surface area contributed by atoms with E-state index in [-0.39, 0.29) is 12.0 Å². The number of ether oxygens (including phenoxy) is 2. The van der Waals surface area contributed by atoms with E-state index in [2.05, 4.69) is 0 Å². The summed E-state index contributed by atoms with van der Waals surface area (Å²) < 4.78 is 11.6. The molecule has 23 heavy (non-hydrogen) atoms. The van der Waals surface area contributed by atoms with Gasteiger partial charge in [0.1, 0.15) is 6.61 Å². The minimum absolute atomic E-state index is 0.0391. The SMILES string of the molecule is CN(CC1COc2ccccc2O1)C(=O)Cc1ccc(N)cc1. The van der Waals surface area contributed by atoms with Crippen LogP contribution in [0.3, 0.4) is 0 Å². The summed E-state index contributed by atoms with van der Waals surface area (Å²) >= 11 is 0. The number of amides is 1. The molecule has 5 nitrogen and oxygen atoms in total. The second-order valence-corrected chi connectivity index (χ2v) is 5.69. The molecule has 1 aliphatic rings. The van der Waals surface area contributed by atoms with Gasteiger partial charge in [0.2, 0.25) is 5.91 Å². The van der Waals surface area contributed by atoms with Gasteiger partial charge in [0.25, 0.3) is 0 Å². The van der Waals surface area contributed by atoms with Gasteiger partial charge in [-0.3, -0.25) is 4.79 Å². The predicted molar refractivity (Wildman–Crippen MR) is 88.5 cm³/mol. The molecule has 0 fully saturated rings. The highest BCUT2D eigenvalue weighted by atomic mass is 16.6. The molecule has 2 aromatic rings. The quantitative estimate of drug-likeness (QED) is 0.878. The number of para-hydroxylation sites is 2. The standard InChI is InChI=1S/C18H20N2O3/c1-20(18(21)10-13-6-8-14(19)9-7-13)11-15-12-22-16-4-2-3-5-17(16)23-15/h2-9,15H,10-12,19H2,1H3. The largest absolute Gasteiger partial charge is 0.486 e. The highest BCUT2D eigenvalue weighted by molar-refractivity contribution is 5.78. The third kappa shape index (κ3) is 3.74. The average molecular weight is 312 g/mol. The summed E-state index contributed by atoms with van der Waals surface area (Å²) in [5.74, 6) is 1.51. The number of carbonyl (C=O) groups is 1. The highest BCUT2D eigenvalue weighted by Gasteiger charge is 2.23. The van der Waals surface area contributed by atoms with E-state index < -0.39 is 0 Å². The molecule has 3 rings (SSSR count). The molecular weight excluding hydrogens is 292 g/mol. The number of rotatable bonds is 4. The van der Waals surface area contributed by atoms with E-state index in [9.17, 15) is 4.79 Å².